The quantitative estimate of drug-likeness (QED) is 0.656. The predicted molar refractivity (Wildman–Crippen MR) is 90.9 cm³/mol. The van der Waals surface area contributed by atoms with Gasteiger partial charge in [-0.25, -0.2) is 0 Å². The number of carbonyl (C=O) groups excluding carboxylic acids is 2. The van der Waals surface area contributed by atoms with E-state index in [1.807, 2.05) is 32.0 Å². The number of benzene rings is 2. The first-order chi connectivity index (χ1) is 10.9. The van der Waals surface area contributed by atoms with E-state index >= 15 is 0 Å². The van der Waals surface area contributed by atoms with Crippen LogP contribution in [-0.2, 0) is 4.79 Å². The fraction of sp³-hybridized carbons (Fsp3) is 0.222. The molecule has 120 valence electrons. The molecule has 0 aliphatic heterocycles. The highest BCUT2D eigenvalue weighted by atomic mass is 16.5. The number of nitrogens with two attached hydrogens (primary N) is 1. The van der Waals surface area contributed by atoms with Crippen molar-refractivity contribution in [2.24, 2.45) is 0 Å². The van der Waals surface area contributed by atoms with E-state index in [4.69, 9.17) is 10.5 Å². The third-order valence-corrected chi connectivity index (χ3v) is 3.65. The monoisotopic (exact) mass is 312 g/mol. The van der Waals surface area contributed by atoms with Gasteiger partial charge in [0.2, 0.25) is 0 Å². The standard InChI is InChI=1S/C18H20N2O3/c1-11-5-4-6-16(12(11)2)20-18(22)10-23-17-8-7-14(13(3)21)9-15(17)19/h4-9H,10,19H2,1-3H3,(H,20,22). The summed E-state index contributed by atoms with van der Waals surface area (Å²) >= 11 is 0. The molecule has 5 nitrogen and oxygen atoms in total. The topological polar surface area (TPSA) is 81.4 Å². The van der Waals surface area contributed by atoms with E-state index in [0.717, 1.165) is 16.8 Å². The molecule has 2 rings (SSSR count). The molecule has 0 bridgehead atoms. The van der Waals surface area contributed by atoms with Gasteiger partial charge in [-0.2, -0.15) is 0 Å². The molecule has 2 aromatic carbocycles. The predicted octanol–water partition coefficient (Wildman–Crippen LogP) is 3.11. The molecule has 0 aromatic heterocycles. The lowest BCUT2D eigenvalue weighted by molar-refractivity contribution is -0.118. The van der Waals surface area contributed by atoms with Gasteiger partial charge in [-0.15, -0.1) is 0 Å². The van der Waals surface area contributed by atoms with Crippen LogP contribution in [0.25, 0.3) is 0 Å². The number of hydrogen-bond acceptors (Lipinski definition) is 4. The van der Waals surface area contributed by atoms with Gasteiger partial charge in [0.1, 0.15) is 5.75 Å². The molecule has 0 aliphatic rings. The highest BCUT2D eigenvalue weighted by Gasteiger charge is 2.09. The fourth-order valence-electron chi connectivity index (χ4n) is 2.11. The van der Waals surface area contributed by atoms with Gasteiger partial charge in [0.25, 0.3) is 5.91 Å². The lowest BCUT2D eigenvalue weighted by atomic mass is 10.1. The smallest absolute Gasteiger partial charge is 0.262 e. The summed E-state index contributed by atoms with van der Waals surface area (Å²) in [5.41, 5.74) is 9.56. The van der Waals surface area contributed by atoms with E-state index in [0.29, 0.717) is 17.0 Å². The maximum atomic E-state index is 12.0. The van der Waals surface area contributed by atoms with Crippen LogP contribution in [0, 0.1) is 13.8 Å². The van der Waals surface area contributed by atoms with Gasteiger partial charge in [0.15, 0.2) is 12.4 Å². The molecule has 0 saturated heterocycles. The zero-order valence-electron chi connectivity index (χ0n) is 13.5. The molecule has 0 saturated carbocycles. The maximum absolute atomic E-state index is 12.0. The Labute approximate surface area is 135 Å². The second-order valence-electron chi connectivity index (χ2n) is 5.39. The first-order valence-corrected chi connectivity index (χ1v) is 7.28. The summed E-state index contributed by atoms with van der Waals surface area (Å²) in [4.78, 5) is 23.3. The van der Waals surface area contributed by atoms with Gasteiger partial charge in [-0.05, 0) is 56.2 Å². The van der Waals surface area contributed by atoms with Crippen molar-refractivity contribution < 1.29 is 14.3 Å². The third-order valence-electron chi connectivity index (χ3n) is 3.65. The zero-order chi connectivity index (χ0) is 17.0. The number of nitrogen functional groups attached to an aromatic ring is 1. The second kappa shape index (κ2) is 6.96. The van der Waals surface area contributed by atoms with Crippen molar-refractivity contribution >= 4 is 23.1 Å². The number of nitrogens with one attached hydrogen (secondary N) is 1. The molecule has 0 heterocycles. The van der Waals surface area contributed by atoms with Crippen LogP contribution in [0.15, 0.2) is 36.4 Å². The van der Waals surface area contributed by atoms with Crippen molar-refractivity contribution in [3.05, 3.63) is 53.1 Å². The van der Waals surface area contributed by atoms with Crippen molar-refractivity contribution in [1.82, 2.24) is 0 Å². The Hall–Kier alpha value is -2.82. The fourth-order valence-corrected chi connectivity index (χ4v) is 2.11. The van der Waals surface area contributed by atoms with Crippen molar-refractivity contribution in [2.75, 3.05) is 17.7 Å². The summed E-state index contributed by atoms with van der Waals surface area (Å²) in [7, 11) is 0. The van der Waals surface area contributed by atoms with E-state index < -0.39 is 0 Å². The normalized spacial score (nSPS) is 10.2. The number of ether oxygens (including phenoxy) is 1. The summed E-state index contributed by atoms with van der Waals surface area (Å²) in [5, 5.41) is 2.81. The molecular weight excluding hydrogens is 292 g/mol. The van der Waals surface area contributed by atoms with Crippen molar-refractivity contribution in [3.63, 3.8) is 0 Å². The first-order valence-electron chi connectivity index (χ1n) is 7.28. The van der Waals surface area contributed by atoms with Gasteiger partial charge in [-0.1, -0.05) is 12.1 Å². The highest BCUT2D eigenvalue weighted by Crippen LogP contribution is 2.23. The summed E-state index contributed by atoms with van der Waals surface area (Å²) < 4.78 is 5.43. The summed E-state index contributed by atoms with van der Waals surface area (Å²) in [6.07, 6.45) is 0. The lowest BCUT2D eigenvalue weighted by Gasteiger charge is -2.12. The Morgan fingerprint density at radius 1 is 1.17 bits per heavy atom. The van der Waals surface area contributed by atoms with Crippen molar-refractivity contribution in [2.45, 2.75) is 20.8 Å². The SMILES string of the molecule is CC(=O)c1ccc(OCC(=O)Nc2cccc(C)c2C)c(N)c1. The van der Waals surface area contributed by atoms with Gasteiger partial charge in [0, 0.05) is 11.3 Å². The van der Waals surface area contributed by atoms with E-state index in [2.05, 4.69) is 5.32 Å². The summed E-state index contributed by atoms with van der Waals surface area (Å²) in [6.45, 7) is 5.24. The van der Waals surface area contributed by atoms with E-state index in [-0.39, 0.29) is 18.3 Å². The summed E-state index contributed by atoms with van der Waals surface area (Å²) in [5.74, 6) is 0.0378. The molecule has 5 heteroatoms. The van der Waals surface area contributed by atoms with Crippen LogP contribution in [-0.4, -0.2) is 18.3 Å². The van der Waals surface area contributed by atoms with Crippen LogP contribution in [0.3, 0.4) is 0 Å². The summed E-state index contributed by atoms with van der Waals surface area (Å²) in [6, 6.07) is 10.5. The molecule has 1 amide bonds. The van der Waals surface area contributed by atoms with Crippen LogP contribution < -0.4 is 15.8 Å². The number of carbonyl (C=O) groups is 2. The Bertz CT molecular complexity index is 754. The van der Waals surface area contributed by atoms with Gasteiger partial charge in [0.05, 0.1) is 5.69 Å². The number of aryl methyl sites for hydroxylation is 1. The van der Waals surface area contributed by atoms with E-state index in [9.17, 15) is 9.59 Å². The third kappa shape index (κ3) is 4.10. The molecule has 0 aliphatic carbocycles. The molecule has 23 heavy (non-hydrogen) atoms. The Morgan fingerprint density at radius 2 is 1.91 bits per heavy atom. The van der Waals surface area contributed by atoms with Gasteiger partial charge in [-0.3, -0.25) is 9.59 Å². The van der Waals surface area contributed by atoms with Gasteiger partial charge >= 0.3 is 0 Å². The average Bonchev–Trinajstić information content (AvgIpc) is 2.50. The molecule has 0 fully saturated rings. The van der Waals surface area contributed by atoms with E-state index in [1.165, 1.54) is 6.92 Å². The number of rotatable bonds is 5. The molecule has 0 atom stereocenters. The Balaban J connectivity index is 1.99. The van der Waals surface area contributed by atoms with Crippen LogP contribution in [0.4, 0.5) is 11.4 Å². The Morgan fingerprint density at radius 3 is 2.57 bits per heavy atom. The van der Waals surface area contributed by atoms with Crippen LogP contribution >= 0.6 is 0 Å². The van der Waals surface area contributed by atoms with Crippen LogP contribution in [0.5, 0.6) is 5.75 Å². The van der Waals surface area contributed by atoms with Crippen molar-refractivity contribution in [3.8, 4) is 5.75 Å². The molecule has 0 radical (unpaired) electrons. The molecular formula is C18H20N2O3. The molecule has 0 spiro atoms. The van der Waals surface area contributed by atoms with Crippen molar-refractivity contribution in [1.29, 1.82) is 0 Å². The largest absolute Gasteiger partial charge is 0.482 e. The lowest BCUT2D eigenvalue weighted by Crippen LogP contribution is -2.21. The molecule has 2 aromatic rings. The highest BCUT2D eigenvalue weighted by molar-refractivity contribution is 5.95. The Kier molecular flexibility index (Phi) is 5.01. The van der Waals surface area contributed by atoms with E-state index in [1.54, 1.807) is 18.2 Å². The zero-order valence-corrected chi connectivity index (χ0v) is 13.5. The molecule has 3 N–H and O–H groups in total. The average molecular weight is 312 g/mol. The number of amides is 1. The number of Topliss-reactive ketones (excluding diaryl/α,β-unsaturated/α-hetero) is 1. The van der Waals surface area contributed by atoms with Gasteiger partial charge < -0.3 is 15.8 Å². The minimum absolute atomic E-state index is 0.0732. The minimum atomic E-state index is -0.270. The van der Waals surface area contributed by atoms with Crippen LogP contribution in [0.1, 0.15) is 28.4 Å². The molecule has 0 unspecified atom stereocenters. The number of ketones is 1. The number of hydrogen-bond donors (Lipinski definition) is 2. The first kappa shape index (κ1) is 16.5. The maximum Gasteiger partial charge on any atom is 0.262 e. The minimum Gasteiger partial charge on any atom is -0.482 e. The number of anilines is 2. The van der Waals surface area contributed by atoms with Crippen LogP contribution in [0.2, 0.25) is 0 Å². The second-order valence-corrected chi connectivity index (χ2v) is 5.39.